The fourth-order valence-corrected chi connectivity index (χ4v) is 2.23. The standard InChI is InChI=1S/C20H18N2O5/c1-12(19(25)22-17-6-4-3-5-16(17)20(26)27)11-18(24)21-15-9-7-14(8-10-15)13(2)23/h3-11H,1-2H3,(H,21,24)(H,22,25)(H,26,27)/b12-11-. The number of carboxylic acids is 1. The maximum absolute atomic E-state index is 12.2. The number of carboxylic acid groups (broad SMARTS) is 1. The van der Waals surface area contributed by atoms with E-state index >= 15 is 0 Å². The van der Waals surface area contributed by atoms with Crippen molar-refractivity contribution in [1.29, 1.82) is 0 Å². The number of benzene rings is 2. The summed E-state index contributed by atoms with van der Waals surface area (Å²) >= 11 is 0. The predicted octanol–water partition coefficient (Wildman–Crippen LogP) is 3.11. The average molecular weight is 366 g/mol. The number of para-hydroxylation sites is 1. The first-order valence-corrected chi connectivity index (χ1v) is 8.02. The van der Waals surface area contributed by atoms with Crippen LogP contribution in [-0.4, -0.2) is 28.7 Å². The molecule has 0 aliphatic heterocycles. The highest BCUT2D eigenvalue weighted by Gasteiger charge is 2.13. The smallest absolute Gasteiger partial charge is 0.337 e. The number of carbonyl (C=O) groups excluding carboxylic acids is 3. The Hall–Kier alpha value is -3.74. The third-order valence-electron chi connectivity index (χ3n) is 3.67. The number of aromatic carboxylic acids is 1. The fraction of sp³-hybridized carbons (Fsp3) is 0.100. The quantitative estimate of drug-likeness (QED) is 0.537. The van der Waals surface area contributed by atoms with Crippen molar-refractivity contribution in [3.8, 4) is 0 Å². The van der Waals surface area contributed by atoms with Crippen molar-refractivity contribution in [2.45, 2.75) is 13.8 Å². The summed E-state index contributed by atoms with van der Waals surface area (Å²) in [7, 11) is 0. The summed E-state index contributed by atoms with van der Waals surface area (Å²) < 4.78 is 0. The van der Waals surface area contributed by atoms with Crippen LogP contribution in [0.4, 0.5) is 11.4 Å². The first kappa shape index (κ1) is 19.6. The third kappa shape index (κ3) is 5.37. The molecule has 0 aliphatic carbocycles. The van der Waals surface area contributed by atoms with Crippen LogP contribution in [0.3, 0.4) is 0 Å². The minimum Gasteiger partial charge on any atom is -0.478 e. The number of hydrogen-bond donors (Lipinski definition) is 3. The average Bonchev–Trinajstić information content (AvgIpc) is 2.62. The summed E-state index contributed by atoms with van der Waals surface area (Å²) in [6, 6.07) is 12.3. The van der Waals surface area contributed by atoms with E-state index in [1.807, 2.05) is 0 Å². The molecule has 0 aliphatic rings. The van der Waals surface area contributed by atoms with Gasteiger partial charge in [0.1, 0.15) is 0 Å². The van der Waals surface area contributed by atoms with E-state index in [4.69, 9.17) is 5.11 Å². The summed E-state index contributed by atoms with van der Waals surface area (Å²) in [5.74, 6) is -2.36. The van der Waals surface area contributed by atoms with Gasteiger partial charge in [-0.15, -0.1) is 0 Å². The number of nitrogens with one attached hydrogen (secondary N) is 2. The number of Topliss-reactive ketones (excluding diaryl/α,β-unsaturated/α-hetero) is 1. The minimum atomic E-state index is -1.17. The molecule has 0 heterocycles. The Bertz CT molecular complexity index is 930. The molecule has 0 aromatic heterocycles. The van der Waals surface area contributed by atoms with Gasteiger partial charge in [-0.25, -0.2) is 4.79 Å². The van der Waals surface area contributed by atoms with Crippen LogP contribution in [0, 0.1) is 0 Å². The first-order valence-electron chi connectivity index (χ1n) is 8.02. The topological polar surface area (TPSA) is 113 Å². The maximum Gasteiger partial charge on any atom is 0.337 e. The van der Waals surface area contributed by atoms with Crippen LogP contribution in [0.15, 0.2) is 60.2 Å². The van der Waals surface area contributed by atoms with Crippen molar-refractivity contribution >= 4 is 34.9 Å². The highest BCUT2D eigenvalue weighted by molar-refractivity contribution is 6.11. The van der Waals surface area contributed by atoms with Gasteiger partial charge < -0.3 is 15.7 Å². The normalized spacial score (nSPS) is 10.8. The lowest BCUT2D eigenvalue weighted by Crippen LogP contribution is -2.17. The summed E-state index contributed by atoms with van der Waals surface area (Å²) in [5.41, 5.74) is 1.20. The van der Waals surface area contributed by atoms with Crippen LogP contribution < -0.4 is 10.6 Å². The van der Waals surface area contributed by atoms with Crippen LogP contribution in [0.25, 0.3) is 0 Å². The molecule has 2 rings (SSSR count). The zero-order valence-electron chi connectivity index (χ0n) is 14.8. The first-order chi connectivity index (χ1) is 12.8. The van der Waals surface area contributed by atoms with Crippen LogP contribution in [0.5, 0.6) is 0 Å². The Morgan fingerprint density at radius 1 is 0.889 bits per heavy atom. The van der Waals surface area contributed by atoms with Gasteiger partial charge in [-0.3, -0.25) is 14.4 Å². The van der Waals surface area contributed by atoms with E-state index < -0.39 is 17.8 Å². The highest BCUT2D eigenvalue weighted by Crippen LogP contribution is 2.16. The van der Waals surface area contributed by atoms with E-state index in [2.05, 4.69) is 10.6 Å². The number of ketones is 1. The van der Waals surface area contributed by atoms with E-state index in [1.54, 1.807) is 36.4 Å². The zero-order valence-corrected chi connectivity index (χ0v) is 14.8. The van der Waals surface area contributed by atoms with Crippen molar-refractivity contribution in [3.63, 3.8) is 0 Å². The summed E-state index contributed by atoms with van der Waals surface area (Å²) in [6.45, 7) is 2.89. The van der Waals surface area contributed by atoms with Gasteiger partial charge in [-0.05, 0) is 50.2 Å². The van der Waals surface area contributed by atoms with Crippen LogP contribution in [-0.2, 0) is 9.59 Å². The molecule has 27 heavy (non-hydrogen) atoms. The second-order valence-corrected chi connectivity index (χ2v) is 5.75. The van der Waals surface area contributed by atoms with E-state index in [1.165, 1.54) is 26.0 Å². The molecular formula is C20H18N2O5. The molecule has 7 nitrogen and oxygen atoms in total. The van der Waals surface area contributed by atoms with Gasteiger partial charge in [0.2, 0.25) is 5.91 Å². The maximum atomic E-state index is 12.2. The zero-order chi connectivity index (χ0) is 20.0. The van der Waals surface area contributed by atoms with Gasteiger partial charge in [0.25, 0.3) is 5.91 Å². The third-order valence-corrected chi connectivity index (χ3v) is 3.67. The van der Waals surface area contributed by atoms with Crippen molar-refractivity contribution in [3.05, 3.63) is 71.3 Å². The second kappa shape index (κ2) is 8.57. The number of rotatable bonds is 6. The lowest BCUT2D eigenvalue weighted by molar-refractivity contribution is -0.114. The molecule has 0 atom stereocenters. The van der Waals surface area contributed by atoms with E-state index in [9.17, 15) is 19.2 Å². The highest BCUT2D eigenvalue weighted by atomic mass is 16.4. The van der Waals surface area contributed by atoms with Gasteiger partial charge in [-0.2, -0.15) is 0 Å². The molecule has 0 radical (unpaired) electrons. The van der Waals surface area contributed by atoms with E-state index in [0.29, 0.717) is 11.3 Å². The van der Waals surface area contributed by atoms with Crippen LogP contribution in [0.2, 0.25) is 0 Å². The Balaban J connectivity index is 2.05. The lowest BCUT2D eigenvalue weighted by Gasteiger charge is -2.09. The number of amides is 2. The number of carbonyl (C=O) groups is 4. The molecule has 2 aromatic rings. The van der Waals surface area contributed by atoms with Gasteiger partial charge in [0.15, 0.2) is 5.78 Å². The number of anilines is 2. The van der Waals surface area contributed by atoms with Crippen molar-refractivity contribution in [2.75, 3.05) is 10.6 Å². The molecule has 0 saturated carbocycles. The predicted molar refractivity (Wildman–Crippen MR) is 101 cm³/mol. The molecule has 2 aromatic carbocycles. The van der Waals surface area contributed by atoms with E-state index in [-0.39, 0.29) is 22.6 Å². The molecule has 0 unspecified atom stereocenters. The van der Waals surface area contributed by atoms with Crippen LogP contribution >= 0.6 is 0 Å². The summed E-state index contributed by atoms with van der Waals surface area (Å²) in [5, 5.41) is 14.2. The Kier molecular flexibility index (Phi) is 6.22. The lowest BCUT2D eigenvalue weighted by atomic mass is 10.1. The molecular weight excluding hydrogens is 348 g/mol. The summed E-state index contributed by atoms with van der Waals surface area (Å²) in [6.07, 6.45) is 1.11. The SMILES string of the molecule is CC(=O)c1ccc(NC(=O)/C=C(/C)C(=O)Nc2ccccc2C(=O)O)cc1. The van der Waals surface area contributed by atoms with Crippen molar-refractivity contribution in [1.82, 2.24) is 0 Å². The van der Waals surface area contributed by atoms with Gasteiger partial charge >= 0.3 is 5.97 Å². The molecule has 0 spiro atoms. The van der Waals surface area contributed by atoms with Gasteiger partial charge in [-0.1, -0.05) is 12.1 Å². The molecule has 138 valence electrons. The Labute approximate surface area is 155 Å². The largest absolute Gasteiger partial charge is 0.478 e. The molecule has 0 bridgehead atoms. The fourth-order valence-electron chi connectivity index (χ4n) is 2.23. The second-order valence-electron chi connectivity index (χ2n) is 5.75. The molecule has 2 amide bonds. The Morgan fingerprint density at radius 2 is 1.52 bits per heavy atom. The van der Waals surface area contributed by atoms with Crippen molar-refractivity contribution < 1.29 is 24.3 Å². The molecule has 3 N–H and O–H groups in total. The Morgan fingerprint density at radius 3 is 2.11 bits per heavy atom. The molecule has 0 saturated heterocycles. The molecule has 7 heteroatoms. The van der Waals surface area contributed by atoms with Crippen molar-refractivity contribution in [2.24, 2.45) is 0 Å². The monoisotopic (exact) mass is 366 g/mol. The van der Waals surface area contributed by atoms with Crippen LogP contribution in [0.1, 0.15) is 34.6 Å². The van der Waals surface area contributed by atoms with Gasteiger partial charge in [0.05, 0.1) is 11.3 Å². The van der Waals surface area contributed by atoms with Gasteiger partial charge in [0, 0.05) is 22.9 Å². The molecule has 0 fully saturated rings. The summed E-state index contributed by atoms with van der Waals surface area (Å²) in [4.78, 5) is 46.7. The number of hydrogen-bond acceptors (Lipinski definition) is 4. The van der Waals surface area contributed by atoms with E-state index in [0.717, 1.165) is 6.08 Å². The minimum absolute atomic E-state index is 0.0475.